The van der Waals surface area contributed by atoms with Gasteiger partial charge in [0.2, 0.25) is 0 Å². The van der Waals surface area contributed by atoms with Gasteiger partial charge in [0.25, 0.3) is 0 Å². The summed E-state index contributed by atoms with van der Waals surface area (Å²) in [6.45, 7) is 1.65. The number of nitrogens with two attached hydrogens (primary N) is 1. The van der Waals surface area contributed by atoms with E-state index in [0.29, 0.717) is 16.5 Å². The van der Waals surface area contributed by atoms with Crippen LogP contribution >= 0.6 is 23.4 Å². The minimum atomic E-state index is -2.89. The minimum absolute atomic E-state index is 0.191. The smallest absolute Gasteiger partial charge is 0.150 e. The van der Waals surface area contributed by atoms with Crippen LogP contribution in [-0.4, -0.2) is 25.7 Å². The summed E-state index contributed by atoms with van der Waals surface area (Å²) in [6.07, 6.45) is 0. The van der Waals surface area contributed by atoms with E-state index in [1.54, 1.807) is 19.1 Å². The molecule has 3 nitrogen and oxygen atoms in total. The first-order chi connectivity index (χ1) is 7.44. The maximum atomic E-state index is 11.3. The third-order valence-corrected chi connectivity index (χ3v) is 5.36. The summed E-state index contributed by atoms with van der Waals surface area (Å²) in [5.41, 5.74) is 6.11. The SMILES string of the molecule is CCS(=O)(=O)CCSc1ccc(N)c(Cl)c1. The molecule has 0 atom stereocenters. The summed E-state index contributed by atoms with van der Waals surface area (Å²) in [6, 6.07) is 5.31. The summed E-state index contributed by atoms with van der Waals surface area (Å²) in [4.78, 5) is 0.936. The van der Waals surface area contributed by atoms with Crippen LogP contribution in [0.3, 0.4) is 0 Å². The van der Waals surface area contributed by atoms with Gasteiger partial charge in [0.05, 0.1) is 16.5 Å². The molecular formula is C10H14ClNO2S2. The molecule has 0 radical (unpaired) electrons. The highest BCUT2D eigenvalue weighted by molar-refractivity contribution is 8.00. The number of rotatable bonds is 5. The van der Waals surface area contributed by atoms with Crippen molar-refractivity contribution in [2.45, 2.75) is 11.8 Å². The van der Waals surface area contributed by atoms with Gasteiger partial charge < -0.3 is 5.73 Å². The standard InChI is InChI=1S/C10H14ClNO2S2/c1-2-16(13,14)6-5-15-8-3-4-10(12)9(11)7-8/h3-4,7H,2,5-6,12H2,1H3. The van der Waals surface area contributed by atoms with E-state index in [1.165, 1.54) is 11.8 Å². The van der Waals surface area contributed by atoms with Crippen molar-refractivity contribution in [3.05, 3.63) is 23.2 Å². The molecular weight excluding hydrogens is 266 g/mol. The Bertz CT molecular complexity index is 460. The van der Waals surface area contributed by atoms with Crippen LogP contribution in [-0.2, 0) is 9.84 Å². The molecule has 0 heterocycles. The van der Waals surface area contributed by atoms with E-state index in [0.717, 1.165) is 4.90 Å². The number of hydrogen-bond donors (Lipinski definition) is 1. The lowest BCUT2D eigenvalue weighted by molar-refractivity contribution is 0.599. The van der Waals surface area contributed by atoms with Crippen molar-refractivity contribution in [2.75, 3.05) is 23.0 Å². The lowest BCUT2D eigenvalue weighted by Crippen LogP contribution is -2.10. The average molecular weight is 280 g/mol. The van der Waals surface area contributed by atoms with Gasteiger partial charge in [0.1, 0.15) is 0 Å². The Morgan fingerprint density at radius 3 is 2.69 bits per heavy atom. The highest BCUT2D eigenvalue weighted by atomic mass is 35.5. The van der Waals surface area contributed by atoms with Gasteiger partial charge in [-0.05, 0) is 18.2 Å². The number of halogens is 1. The number of benzene rings is 1. The number of hydrogen-bond acceptors (Lipinski definition) is 4. The van der Waals surface area contributed by atoms with Gasteiger partial charge in [0, 0.05) is 16.4 Å². The van der Waals surface area contributed by atoms with Gasteiger partial charge in [-0.25, -0.2) is 8.42 Å². The van der Waals surface area contributed by atoms with Crippen LogP contribution in [0.25, 0.3) is 0 Å². The second-order valence-corrected chi connectivity index (χ2v) is 7.32. The molecule has 0 bridgehead atoms. The summed E-state index contributed by atoms with van der Waals surface area (Å²) in [5, 5.41) is 0.503. The zero-order valence-corrected chi connectivity index (χ0v) is 11.3. The van der Waals surface area contributed by atoms with Crippen molar-refractivity contribution in [2.24, 2.45) is 0 Å². The molecule has 1 rings (SSSR count). The van der Waals surface area contributed by atoms with E-state index in [1.807, 2.05) is 6.07 Å². The first-order valence-corrected chi connectivity index (χ1v) is 8.01. The highest BCUT2D eigenvalue weighted by Crippen LogP contribution is 2.26. The molecule has 1 aromatic carbocycles. The molecule has 0 saturated carbocycles. The molecule has 1 aromatic rings. The van der Waals surface area contributed by atoms with Gasteiger partial charge >= 0.3 is 0 Å². The fourth-order valence-electron chi connectivity index (χ4n) is 1.03. The fraction of sp³-hybridized carbons (Fsp3) is 0.400. The molecule has 0 spiro atoms. The van der Waals surface area contributed by atoms with Crippen LogP contribution in [0.4, 0.5) is 5.69 Å². The molecule has 0 fully saturated rings. The van der Waals surface area contributed by atoms with Crippen molar-refractivity contribution in [3.63, 3.8) is 0 Å². The number of anilines is 1. The summed E-state index contributed by atoms with van der Waals surface area (Å²) in [5.74, 6) is 0.919. The third-order valence-electron chi connectivity index (χ3n) is 2.07. The van der Waals surface area contributed by atoms with E-state index in [-0.39, 0.29) is 11.5 Å². The fourth-order valence-corrected chi connectivity index (χ4v) is 3.51. The van der Waals surface area contributed by atoms with Gasteiger partial charge in [-0.15, -0.1) is 11.8 Å². The Kier molecular flexibility index (Phi) is 4.95. The molecule has 0 unspecified atom stereocenters. The highest BCUT2D eigenvalue weighted by Gasteiger charge is 2.07. The lowest BCUT2D eigenvalue weighted by Gasteiger charge is -2.04. The summed E-state index contributed by atoms with van der Waals surface area (Å²) in [7, 11) is -2.89. The minimum Gasteiger partial charge on any atom is -0.398 e. The van der Waals surface area contributed by atoms with Gasteiger partial charge in [0.15, 0.2) is 9.84 Å². The summed E-state index contributed by atoms with van der Waals surface area (Å²) >= 11 is 7.32. The normalized spacial score (nSPS) is 11.6. The van der Waals surface area contributed by atoms with Crippen molar-refractivity contribution in [1.29, 1.82) is 0 Å². The number of thioether (sulfide) groups is 1. The van der Waals surface area contributed by atoms with Crippen LogP contribution < -0.4 is 5.73 Å². The average Bonchev–Trinajstić information content (AvgIpc) is 2.23. The molecule has 0 amide bonds. The van der Waals surface area contributed by atoms with Gasteiger partial charge in [-0.3, -0.25) is 0 Å². The quantitative estimate of drug-likeness (QED) is 0.664. The van der Waals surface area contributed by atoms with Crippen molar-refractivity contribution in [1.82, 2.24) is 0 Å². The monoisotopic (exact) mass is 279 g/mol. The molecule has 2 N–H and O–H groups in total. The van der Waals surface area contributed by atoms with Crippen molar-refractivity contribution in [3.8, 4) is 0 Å². The molecule has 16 heavy (non-hydrogen) atoms. The predicted octanol–water partition coefficient (Wildman–Crippen LogP) is 2.45. The van der Waals surface area contributed by atoms with E-state index in [4.69, 9.17) is 17.3 Å². The van der Waals surface area contributed by atoms with E-state index in [2.05, 4.69) is 0 Å². The molecule has 0 aromatic heterocycles. The number of nitrogen functional groups attached to an aromatic ring is 1. The van der Waals surface area contributed by atoms with Crippen molar-refractivity contribution < 1.29 is 8.42 Å². The molecule has 0 aliphatic carbocycles. The second kappa shape index (κ2) is 5.80. The molecule has 0 aliphatic rings. The van der Waals surface area contributed by atoms with Crippen LogP contribution in [0.2, 0.25) is 5.02 Å². The van der Waals surface area contributed by atoms with Crippen molar-refractivity contribution >= 4 is 38.9 Å². The second-order valence-electron chi connectivity index (χ2n) is 3.27. The van der Waals surface area contributed by atoms with E-state index < -0.39 is 9.84 Å². The first kappa shape index (κ1) is 13.7. The lowest BCUT2D eigenvalue weighted by atomic mass is 10.3. The maximum absolute atomic E-state index is 11.3. The molecule has 90 valence electrons. The zero-order valence-electron chi connectivity index (χ0n) is 8.94. The Hall–Kier alpha value is -0.390. The molecule has 6 heteroatoms. The van der Waals surface area contributed by atoms with Crippen LogP contribution in [0, 0.1) is 0 Å². The van der Waals surface area contributed by atoms with E-state index >= 15 is 0 Å². The van der Waals surface area contributed by atoms with E-state index in [9.17, 15) is 8.42 Å². The molecule has 0 saturated heterocycles. The van der Waals surface area contributed by atoms with Crippen LogP contribution in [0.15, 0.2) is 23.1 Å². The summed E-state index contributed by atoms with van der Waals surface area (Å²) < 4.78 is 22.5. The van der Waals surface area contributed by atoms with Crippen LogP contribution in [0.5, 0.6) is 0 Å². The Labute approximate surface area is 105 Å². The Morgan fingerprint density at radius 1 is 1.44 bits per heavy atom. The van der Waals surface area contributed by atoms with Gasteiger partial charge in [-0.1, -0.05) is 18.5 Å². The third kappa shape index (κ3) is 4.23. The Morgan fingerprint density at radius 2 is 2.12 bits per heavy atom. The molecule has 0 aliphatic heterocycles. The first-order valence-electron chi connectivity index (χ1n) is 4.83. The predicted molar refractivity (Wildman–Crippen MR) is 70.9 cm³/mol. The largest absolute Gasteiger partial charge is 0.398 e. The zero-order chi connectivity index (χ0) is 12.2. The number of sulfone groups is 1. The maximum Gasteiger partial charge on any atom is 0.150 e. The van der Waals surface area contributed by atoms with Gasteiger partial charge in [-0.2, -0.15) is 0 Å². The Balaban J connectivity index is 2.53. The topological polar surface area (TPSA) is 60.2 Å². The van der Waals surface area contributed by atoms with Crippen LogP contribution in [0.1, 0.15) is 6.92 Å².